The Balaban J connectivity index is 1.48. The fourth-order valence-electron chi connectivity index (χ4n) is 5.36. The first-order chi connectivity index (χ1) is 12.4. The molecule has 4 aliphatic rings. The first-order valence-corrected chi connectivity index (χ1v) is 8.56. The molecule has 7 heterocycles. The van der Waals surface area contributed by atoms with Gasteiger partial charge in [-0.05, 0) is 0 Å². The van der Waals surface area contributed by atoms with Crippen molar-refractivity contribution in [1.29, 1.82) is 0 Å². The summed E-state index contributed by atoms with van der Waals surface area (Å²) in [6, 6.07) is 0.781. The fraction of sp³-hybridized carbons (Fsp3) is 0.278. The Morgan fingerprint density at radius 3 is 1.76 bits per heavy atom. The number of nitrogens with zero attached hydrogens (tertiary/aromatic N) is 7. The van der Waals surface area contributed by atoms with E-state index < -0.39 is 0 Å². The van der Waals surface area contributed by atoms with Gasteiger partial charge in [0, 0.05) is 36.4 Å². The lowest BCUT2D eigenvalue weighted by molar-refractivity contribution is 0.500. The minimum atomic E-state index is 0.391. The number of hydrogen-bond acceptors (Lipinski definition) is 7. The van der Waals surface area contributed by atoms with Crippen molar-refractivity contribution in [3.8, 4) is 0 Å². The molecule has 3 aromatic heterocycles. The second-order valence-corrected chi connectivity index (χ2v) is 7.11. The molecular formula is C18H13N7. The number of rotatable bonds is 0. The summed E-state index contributed by atoms with van der Waals surface area (Å²) in [6.07, 6.45) is 13.1. The standard InChI is InChI=1S/C18H13N7/c1-9-13(3-20-7-22-9)24-11(1)17-12-2-10-14(4-21-8-23-10)25(12)16-6-19-5-15(24)18(16)17/h3-8,11-12,17H,1-2H2. The van der Waals surface area contributed by atoms with Gasteiger partial charge >= 0.3 is 0 Å². The zero-order valence-corrected chi connectivity index (χ0v) is 13.2. The van der Waals surface area contributed by atoms with Crippen LogP contribution in [-0.4, -0.2) is 37.0 Å². The predicted molar refractivity (Wildman–Crippen MR) is 90.3 cm³/mol. The van der Waals surface area contributed by atoms with Crippen molar-refractivity contribution in [2.24, 2.45) is 0 Å². The van der Waals surface area contributed by atoms with Crippen molar-refractivity contribution in [3.05, 3.63) is 54.4 Å². The van der Waals surface area contributed by atoms with E-state index in [1.807, 2.05) is 24.8 Å². The van der Waals surface area contributed by atoms with Crippen LogP contribution in [0.15, 0.2) is 37.4 Å². The molecular weight excluding hydrogens is 314 g/mol. The SMILES string of the molecule is c1ncc2c(n1)CC1C3c4c(cncc4N4c5cncnc5CC34)N21. The normalized spacial score (nSPS) is 26.3. The van der Waals surface area contributed by atoms with E-state index in [1.165, 1.54) is 16.9 Å². The van der Waals surface area contributed by atoms with Gasteiger partial charge in [-0.1, -0.05) is 0 Å². The van der Waals surface area contributed by atoms with Crippen molar-refractivity contribution in [1.82, 2.24) is 24.9 Å². The third-order valence-corrected chi connectivity index (χ3v) is 6.16. The van der Waals surface area contributed by atoms with Crippen LogP contribution in [0.4, 0.5) is 22.7 Å². The van der Waals surface area contributed by atoms with Gasteiger partial charge in [0.2, 0.25) is 0 Å². The van der Waals surface area contributed by atoms with Crippen LogP contribution in [0.1, 0.15) is 22.9 Å². The van der Waals surface area contributed by atoms with Gasteiger partial charge in [0.05, 0.1) is 58.9 Å². The van der Waals surface area contributed by atoms with E-state index in [9.17, 15) is 0 Å². The van der Waals surface area contributed by atoms with Crippen LogP contribution in [-0.2, 0) is 12.8 Å². The summed E-state index contributed by atoms with van der Waals surface area (Å²) in [5.41, 5.74) is 8.42. The lowest BCUT2D eigenvalue weighted by atomic mass is 9.88. The van der Waals surface area contributed by atoms with E-state index in [0.717, 1.165) is 35.6 Å². The maximum Gasteiger partial charge on any atom is 0.115 e. The summed E-state index contributed by atoms with van der Waals surface area (Å²) < 4.78 is 0. The van der Waals surface area contributed by atoms with E-state index >= 15 is 0 Å². The van der Waals surface area contributed by atoms with Crippen LogP contribution in [0, 0.1) is 0 Å². The highest BCUT2D eigenvalue weighted by atomic mass is 15.3. The van der Waals surface area contributed by atoms with Crippen LogP contribution in [0.5, 0.6) is 0 Å². The molecule has 7 rings (SSSR count). The summed E-state index contributed by atoms with van der Waals surface area (Å²) in [7, 11) is 0. The molecule has 0 bridgehead atoms. The van der Waals surface area contributed by atoms with Gasteiger partial charge in [0.1, 0.15) is 12.7 Å². The van der Waals surface area contributed by atoms with Crippen molar-refractivity contribution in [3.63, 3.8) is 0 Å². The summed E-state index contributed by atoms with van der Waals surface area (Å²) in [6.45, 7) is 0. The number of aromatic nitrogens is 5. The Bertz CT molecular complexity index is 985. The molecule has 0 fully saturated rings. The Morgan fingerprint density at radius 1 is 0.680 bits per heavy atom. The highest BCUT2D eigenvalue weighted by molar-refractivity contribution is 5.88. The van der Waals surface area contributed by atoms with Gasteiger partial charge in [-0.25, -0.2) is 19.9 Å². The van der Waals surface area contributed by atoms with Gasteiger partial charge in [-0.3, -0.25) is 4.98 Å². The van der Waals surface area contributed by atoms with Crippen molar-refractivity contribution < 1.29 is 0 Å². The Kier molecular flexibility index (Phi) is 1.93. The molecule has 0 saturated heterocycles. The molecule has 3 aromatic rings. The number of pyridine rings is 1. The molecule has 4 aliphatic heterocycles. The van der Waals surface area contributed by atoms with E-state index in [1.54, 1.807) is 12.7 Å². The molecule has 0 spiro atoms. The zero-order valence-electron chi connectivity index (χ0n) is 13.2. The minimum Gasteiger partial charge on any atom is -0.333 e. The predicted octanol–water partition coefficient (Wildman–Crippen LogP) is 1.90. The van der Waals surface area contributed by atoms with Gasteiger partial charge in [-0.2, -0.15) is 0 Å². The van der Waals surface area contributed by atoms with Crippen LogP contribution in [0.2, 0.25) is 0 Å². The first-order valence-electron chi connectivity index (χ1n) is 8.56. The Morgan fingerprint density at radius 2 is 1.20 bits per heavy atom. The monoisotopic (exact) mass is 327 g/mol. The molecule has 0 saturated carbocycles. The van der Waals surface area contributed by atoms with E-state index in [0.29, 0.717) is 18.0 Å². The molecule has 0 radical (unpaired) electrons. The van der Waals surface area contributed by atoms with Crippen LogP contribution in [0.25, 0.3) is 0 Å². The van der Waals surface area contributed by atoms with Crippen LogP contribution in [0.3, 0.4) is 0 Å². The molecule has 2 unspecified atom stereocenters. The summed E-state index contributed by atoms with van der Waals surface area (Å²) >= 11 is 0. The lowest BCUT2D eigenvalue weighted by Gasteiger charge is -2.29. The molecule has 0 amide bonds. The van der Waals surface area contributed by atoms with Gasteiger partial charge in [-0.15, -0.1) is 0 Å². The zero-order chi connectivity index (χ0) is 16.1. The highest BCUT2D eigenvalue weighted by Crippen LogP contribution is 2.62. The Hall–Kier alpha value is -3.09. The first kappa shape index (κ1) is 12.3. The fourth-order valence-corrected chi connectivity index (χ4v) is 5.36. The summed E-state index contributed by atoms with van der Waals surface area (Å²) in [4.78, 5) is 26.9. The topological polar surface area (TPSA) is 70.9 Å². The molecule has 7 nitrogen and oxygen atoms in total. The average molecular weight is 327 g/mol. The van der Waals surface area contributed by atoms with E-state index in [2.05, 4.69) is 34.7 Å². The molecule has 0 aromatic carbocycles. The number of anilines is 4. The number of fused-ring (bicyclic) bond motifs is 10. The van der Waals surface area contributed by atoms with Crippen molar-refractivity contribution >= 4 is 22.7 Å². The second kappa shape index (κ2) is 3.93. The summed E-state index contributed by atoms with van der Waals surface area (Å²) in [5, 5.41) is 0. The smallest absolute Gasteiger partial charge is 0.115 e. The van der Waals surface area contributed by atoms with E-state index in [4.69, 9.17) is 0 Å². The minimum absolute atomic E-state index is 0.391. The molecule has 2 atom stereocenters. The van der Waals surface area contributed by atoms with E-state index in [-0.39, 0.29) is 0 Å². The maximum atomic E-state index is 4.56. The highest BCUT2D eigenvalue weighted by Gasteiger charge is 2.56. The third-order valence-electron chi connectivity index (χ3n) is 6.16. The van der Waals surface area contributed by atoms with Crippen LogP contribution >= 0.6 is 0 Å². The quantitative estimate of drug-likeness (QED) is 0.624. The molecule has 25 heavy (non-hydrogen) atoms. The third kappa shape index (κ3) is 1.26. The van der Waals surface area contributed by atoms with Gasteiger partial charge in [0.25, 0.3) is 0 Å². The van der Waals surface area contributed by atoms with Gasteiger partial charge in [0.15, 0.2) is 0 Å². The molecule has 7 heteroatoms. The second-order valence-electron chi connectivity index (χ2n) is 7.11. The number of hydrogen-bond donors (Lipinski definition) is 0. The largest absolute Gasteiger partial charge is 0.333 e. The van der Waals surface area contributed by atoms with Crippen LogP contribution < -0.4 is 9.80 Å². The molecule has 0 N–H and O–H groups in total. The summed E-state index contributed by atoms with van der Waals surface area (Å²) in [5.74, 6) is 0.441. The maximum absolute atomic E-state index is 4.56. The van der Waals surface area contributed by atoms with Crippen molar-refractivity contribution in [2.45, 2.75) is 30.8 Å². The lowest BCUT2D eigenvalue weighted by Crippen LogP contribution is -2.37. The average Bonchev–Trinajstić information content (AvgIpc) is 3.35. The molecule has 0 aliphatic carbocycles. The molecule has 120 valence electrons. The van der Waals surface area contributed by atoms with Crippen molar-refractivity contribution in [2.75, 3.05) is 9.80 Å². The van der Waals surface area contributed by atoms with Gasteiger partial charge < -0.3 is 9.80 Å². The Labute approximate surface area is 143 Å².